The Hall–Kier alpha value is -0.800. The number of nitrogens with zero attached hydrogens (tertiary/aromatic N) is 1. The smallest absolute Gasteiger partial charge is 0.348 e. The summed E-state index contributed by atoms with van der Waals surface area (Å²) in [5.41, 5.74) is -1.87. The van der Waals surface area contributed by atoms with Gasteiger partial charge in [-0.1, -0.05) is 0 Å². The zero-order valence-corrected chi connectivity index (χ0v) is 9.35. The van der Waals surface area contributed by atoms with Crippen LogP contribution in [0, 0.1) is 16.7 Å². The van der Waals surface area contributed by atoms with Gasteiger partial charge in [0, 0.05) is 19.3 Å². The van der Waals surface area contributed by atoms with Crippen LogP contribution in [-0.4, -0.2) is 25.2 Å². The molecule has 0 aromatic carbocycles. The van der Waals surface area contributed by atoms with Gasteiger partial charge < -0.3 is 9.47 Å². The average molecular weight is 249 g/mol. The van der Waals surface area contributed by atoms with Crippen LogP contribution >= 0.6 is 0 Å². The van der Waals surface area contributed by atoms with E-state index in [2.05, 4.69) is 0 Å². The third-order valence-corrected chi connectivity index (χ3v) is 3.80. The van der Waals surface area contributed by atoms with Gasteiger partial charge in [-0.2, -0.15) is 18.4 Å². The molecule has 0 aromatic heterocycles. The molecule has 2 aliphatic rings. The van der Waals surface area contributed by atoms with Gasteiger partial charge in [-0.15, -0.1) is 0 Å². The topological polar surface area (TPSA) is 42.2 Å². The molecule has 0 radical (unpaired) electrons. The third kappa shape index (κ3) is 2.14. The van der Waals surface area contributed by atoms with Gasteiger partial charge in [-0.05, 0) is 12.8 Å². The third-order valence-electron chi connectivity index (χ3n) is 3.80. The molecule has 2 rings (SSSR count). The normalized spacial score (nSPS) is 26.9. The number of hydrogen-bond donors (Lipinski definition) is 0. The van der Waals surface area contributed by atoms with E-state index in [1.165, 1.54) is 0 Å². The van der Waals surface area contributed by atoms with E-state index in [-0.39, 0.29) is 25.7 Å². The minimum Gasteiger partial charge on any atom is -0.348 e. The molecular weight excluding hydrogens is 235 g/mol. The van der Waals surface area contributed by atoms with Gasteiger partial charge in [0.25, 0.3) is 0 Å². The maximum Gasteiger partial charge on any atom is 0.395 e. The highest BCUT2D eigenvalue weighted by Crippen LogP contribution is 2.54. The highest BCUT2D eigenvalue weighted by atomic mass is 19.4. The summed E-state index contributed by atoms with van der Waals surface area (Å²) >= 11 is 0. The average Bonchev–Trinajstić information content (AvgIpc) is 2.70. The molecule has 0 N–H and O–H groups in total. The summed E-state index contributed by atoms with van der Waals surface area (Å²) in [7, 11) is 0. The Labute approximate surface area is 97.5 Å². The van der Waals surface area contributed by atoms with Crippen LogP contribution in [0.5, 0.6) is 0 Å². The van der Waals surface area contributed by atoms with Crippen LogP contribution in [0.15, 0.2) is 0 Å². The van der Waals surface area contributed by atoms with Gasteiger partial charge in [-0.25, -0.2) is 0 Å². The van der Waals surface area contributed by atoms with Crippen molar-refractivity contribution >= 4 is 0 Å². The van der Waals surface area contributed by atoms with Gasteiger partial charge in [0.15, 0.2) is 5.79 Å². The van der Waals surface area contributed by atoms with Gasteiger partial charge in [0.2, 0.25) is 0 Å². The molecule has 0 aromatic rings. The first kappa shape index (κ1) is 12.7. The van der Waals surface area contributed by atoms with Crippen LogP contribution in [-0.2, 0) is 9.47 Å². The minimum absolute atomic E-state index is 0.0932. The maximum atomic E-state index is 13.0. The highest BCUT2D eigenvalue weighted by Gasteiger charge is 2.58. The summed E-state index contributed by atoms with van der Waals surface area (Å²) in [5.74, 6) is -0.815. The van der Waals surface area contributed by atoms with Crippen molar-refractivity contribution < 1.29 is 22.6 Å². The lowest BCUT2D eigenvalue weighted by Crippen LogP contribution is -2.46. The Bertz CT molecular complexity index is 319. The molecule has 1 aliphatic heterocycles. The fourth-order valence-electron chi connectivity index (χ4n) is 2.61. The van der Waals surface area contributed by atoms with E-state index in [1.807, 2.05) is 0 Å². The number of rotatable bonds is 1. The first-order chi connectivity index (χ1) is 7.93. The van der Waals surface area contributed by atoms with Crippen LogP contribution in [0.1, 0.15) is 32.1 Å². The number of nitriles is 1. The fraction of sp³-hybridized carbons (Fsp3) is 0.909. The molecular formula is C11H14F3NO2. The Morgan fingerprint density at radius 2 is 1.59 bits per heavy atom. The SMILES string of the molecule is N#CCC1(C(F)(F)F)CCC2(CC1)OCCO2. The highest BCUT2D eigenvalue weighted by molar-refractivity contribution is 4.99. The van der Waals surface area contributed by atoms with Gasteiger partial charge in [0.05, 0.1) is 24.7 Å². The van der Waals surface area contributed by atoms with Crippen molar-refractivity contribution in [3.05, 3.63) is 0 Å². The molecule has 1 saturated heterocycles. The van der Waals surface area contributed by atoms with E-state index in [0.29, 0.717) is 13.2 Å². The van der Waals surface area contributed by atoms with E-state index in [4.69, 9.17) is 14.7 Å². The monoisotopic (exact) mass is 249 g/mol. The lowest BCUT2D eigenvalue weighted by Gasteiger charge is -2.43. The molecule has 1 saturated carbocycles. The second-order valence-corrected chi connectivity index (χ2v) is 4.72. The van der Waals surface area contributed by atoms with Crippen LogP contribution in [0.25, 0.3) is 0 Å². The Morgan fingerprint density at radius 3 is 2.00 bits per heavy atom. The first-order valence-electron chi connectivity index (χ1n) is 5.65. The van der Waals surface area contributed by atoms with E-state index >= 15 is 0 Å². The lowest BCUT2D eigenvalue weighted by molar-refractivity contribution is -0.266. The van der Waals surface area contributed by atoms with Crippen molar-refractivity contribution in [1.82, 2.24) is 0 Å². The van der Waals surface area contributed by atoms with E-state index in [1.54, 1.807) is 6.07 Å². The molecule has 0 bridgehead atoms. The van der Waals surface area contributed by atoms with Crippen molar-refractivity contribution in [2.75, 3.05) is 13.2 Å². The summed E-state index contributed by atoms with van der Waals surface area (Å²) in [6.07, 6.45) is -4.56. The van der Waals surface area contributed by atoms with E-state index in [0.717, 1.165) is 0 Å². The molecule has 17 heavy (non-hydrogen) atoms. The molecule has 0 atom stereocenters. The maximum absolute atomic E-state index is 13.0. The quantitative estimate of drug-likeness (QED) is 0.717. The second kappa shape index (κ2) is 4.14. The zero-order valence-electron chi connectivity index (χ0n) is 9.35. The number of hydrogen-bond acceptors (Lipinski definition) is 3. The van der Waals surface area contributed by atoms with E-state index in [9.17, 15) is 13.2 Å². The summed E-state index contributed by atoms with van der Waals surface area (Å²) in [5, 5.41) is 8.59. The number of ether oxygens (including phenoxy) is 2. The predicted molar refractivity (Wildman–Crippen MR) is 51.8 cm³/mol. The van der Waals surface area contributed by atoms with Crippen LogP contribution < -0.4 is 0 Å². The first-order valence-corrected chi connectivity index (χ1v) is 5.65. The fourth-order valence-corrected chi connectivity index (χ4v) is 2.61. The molecule has 1 heterocycles. The van der Waals surface area contributed by atoms with Crippen molar-refractivity contribution in [3.63, 3.8) is 0 Å². The summed E-state index contributed by atoms with van der Waals surface area (Å²) in [6, 6.07) is 1.66. The Kier molecular flexibility index (Phi) is 3.08. The van der Waals surface area contributed by atoms with Crippen LogP contribution in [0.2, 0.25) is 0 Å². The van der Waals surface area contributed by atoms with Crippen molar-refractivity contribution in [1.29, 1.82) is 5.26 Å². The minimum atomic E-state index is -4.33. The lowest BCUT2D eigenvalue weighted by atomic mass is 9.69. The number of alkyl halides is 3. The van der Waals surface area contributed by atoms with Crippen molar-refractivity contribution in [2.45, 2.75) is 44.1 Å². The molecule has 2 fully saturated rings. The van der Waals surface area contributed by atoms with Gasteiger partial charge in [0.1, 0.15) is 0 Å². The standard InChI is InChI=1S/C11H14F3NO2/c12-11(13,14)9(5-6-15)1-3-10(4-2-9)16-7-8-17-10/h1-5,7-8H2. The Balaban J connectivity index is 2.11. The zero-order chi connectivity index (χ0) is 12.6. The van der Waals surface area contributed by atoms with Gasteiger partial charge >= 0.3 is 6.18 Å². The summed E-state index contributed by atoms with van der Waals surface area (Å²) in [4.78, 5) is 0. The van der Waals surface area contributed by atoms with Crippen molar-refractivity contribution in [2.24, 2.45) is 5.41 Å². The molecule has 96 valence electrons. The van der Waals surface area contributed by atoms with E-state index < -0.39 is 23.8 Å². The summed E-state index contributed by atoms with van der Waals surface area (Å²) in [6.45, 7) is 0.883. The predicted octanol–water partition coefficient (Wildman–Crippen LogP) is 2.77. The molecule has 0 amide bonds. The Morgan fingerprint density at radius 1 is 1.06 bits per heavy atom. The van der Waals surface area contributed by atoms with Gasteiger partial charge in [-0.3, -0.25) is 0 Å². The summed E-state index contributed by atoms with van der Waals surface area (Å²) < 4.78 is 49.9. The molecule has 1 spiro atoms. The molecule has 0 unspecified atom stereocenters. The molecule has 6 heteroatoms. The second-order valence-electron chi connectivity index (χ2n) is 4.72. The number of halogens is 3. The molecule has 3 nitrogen and oxygen atoms in total. The molecule has 1 aliphatic carbocycles. The van der Waals surface area contributed by atoms with Crippen LogP contribution in [0.3, 0.4) is 0 Å². The van der Waals surface area contributed by atoms with Crippen molar-refractivity contribution in [3.8, 4) is 6.07 Å². The largest absolute Gasteiger partial charge is 0.395 e. The van der Waals surface area contributed by atoms with Crippen LogP contribution in [0.4, 0.5) is 13.2 Å².